The lowest BCUT2D eigenvalue weighted by Crippen LogP contribution is -2.29. The molecule has 0 aromatic carbocycles. The Bertz CT molecular complexity index is 171. The Morgan fingerprint density at radius 3 is 2.38 bits per heavy atom. The third-order valence-corrected chi connectivity index (χ3v) is 4.72. The van der Waals surface area contributed by atoms with E-state index in [-0.39, 0.29) is 0 Å². The van der Waals surface area contributed by atoms with Gasteiger partial charge in [-0.05, 0) is 48.9 Å². The van der Waals surface area contributed by atoms with Gasteiger partial charge in [0.05, 0.1) is 0 Å². The largest absolute Gasteiger partial charge is 0.0625 e. The van der Waals surface area contributed by atoms with Crippen molar-refractivity contribution in [1.29, 1.82) is 0 Å². The van der Waals surface area contributed by atoms with Gasteiger partial charge in [0.2, 0.25) is 0 Å². The van der Waals surface area contributed by atoms with E-state index in [9.17, 15) is 0 Å². The van der Waals surface area contributed by atoms with E-state index < -0.39 is 0 Å². The van der Waals surface area contributed by atoms with Crippen molar-refractivity contribution in [3.8, 4) is 0 Å². The summed E-state index contributed by atoms with van der Waals surface area (Å²) >= 11 is 0. The van der Waals surface area contributed by atoms with E-state index in [1.54, 1.807) is 0 Å². The molecule has 2 saturated carbocycles. The van der Waals surface area contributed by atoms with E-state index in [1.165, 1.54) is 32.1 Å². The Labute approximate surface area is 83.1 Å². The summed E-state index contributed by atoms with van der Waals surface area (Å²) in [5.41, 5.74) is 0. The first-order valence-corrected chi connectivity index (χ1v) is 6.20. The molecule has 0 aromatic heterocycles. The van der Waals surface area contributed by atoms with Crippen LogP contribution in [0.15, 0.2) is 0 Å². The first kappa shape index (κ1) is 9.55. The van der Waals surface area contributed by atoms with E-state index >= 15 is 0 Å². The highest BCUT2D eigenvalue weighted by atomic mass is 14.5. The molecular weight excluding hydrogens is 156 g/mol. The van der Waals surface area contributed by atoms with Crippen LogP contribution < -0.4 is 0 Å². The van der Waals surface area contributed by atoms with Gasteiger partial charge in [-0.25, -0.2) is 0 Å². The zero-order valence-electron chi connectivity index (χ0n) is 9.42. The maximum atomic E-state index is 2.48. The highest BCUT2D eigenvalue weighted by Crippen LogP contribution is 2.50. The second-order valence-corrected chi connectivity index (χ2v) is 5.72. The van der Waals surface area contributed by atoms with Crippen molar-refractivity contribution in [3.05, 3.63) is 0 Å². The number of hydrogen-bond donors (Lipinski definition) is 0. The number of hydrogen-bond acceptors (Lipinski definition) is 0. The molecule has 4 unspecified atom stereocenters. The summed E-state index contributed by atoms with van der Waals surface area (Å²) in [6, 6.07) is 0. The van der Waals surface area contributed by atoms with Crippen molar-refractivity contribution in [1.82, 2.24) is 0 Å². The maximum absolute atomic E-state index is 2.48. The third kappa shape index (κ3) is 1.65. The van der Waals surface area contributed by atoms with Gasteiger partial charge in [-0.1, -0.05) is 33.6 Å². The van der Waals surface area contributed by atoms with Crippen molar-refractivity contribution in [2.24, 2.45) is 29.6 Å². The standard InChI is InChI=1S/C13H24/c1-9(2)11-5-4-6-12-10(3)7-8-13(11)12/h9-13H,4-8H2,1-3H3. The Morgan fingerprint density at radius 1 is 0.923 bits per heavy atom. The van der Waals surface area contributed by atoms with Crippen LogP contribution in [0.5, 0.6) is 0 Å². The highest BCUT2D eigenvalue weighted by molar-refractivity contribution is 4.90. The van der Waals surface area contributed by atoms with Crippen LogP contribution in [0.2, 0.25) is 0 Å². The second-order valence-electron chi connectivity index (χ2n) is 5.72. The lowest BCUT2D eigenvalue weighted by atomic mass is 9.68. The number of rotatable bonds is 1. The predicted molar refractivity (Wildman–Crippen MR) is 57.6 cm³/mol. The molecule has 13 heavy (non-hydrogen) atoms. The van der Waals surface area contributed by atoms with E-state index in [0.29, 0.717) is 0 Å². The van der Waals surface area contributed by atoms with Gasteiger partial charge in [0, 0.05) is 0 Å². The molecule has 2 aliphatic carbocycles. The number of fused-ring (bicyclic) bond motifs is 1. The summed E-state index contributed by atoms with van der Waals surface area (Å²) in [4.78, 5) is 0. The van der Waals surface area contributed by atoms with Gasteiger partial charge in [0.1, 0.15) is 0 Å². The van der Waals surface area contributed by atoms with Crippen molar-refractivity contribution >= 4 is 0 Å². The average molecular weight is 180 g/mol. The summed E-state index contributed by atoms with van der Waals surface area (Å²) in [5.74, 6) is 5.22. The summed E-state index contributed by atoms with van der Waals surface area (Å²) in [6.45, 7) is 7.33. The van der Waals surface area contributed by atoms with Crippen LogP contribution >= 0.6 is 0 Å². The fourth-order valence-corrected chi connectivity index (χ4v) is 3.97. The summed E-state index contributed by atoms with van der Waals surface area (Å²) in [5, 5.41) is 0. The molecule has 2 fully saturated rings. The summed E-state index contributed by atoms with van der Waals surface area (Å²) < 4.78 is 0. The summed E-state index contributed by atoms with van der Waals surface area (Å²) in [7, 11) is 0. The quantitative estimate of drug-likeness (QED) is 0.570. The van der Waals surface area contributed by atoms with Gasteiger partial charge >= 0.3 is 0 Å². The van der Waals surface area contributed by atoms with Gasteiger partial charge in [-0.3, -0.25) is 0 Å². The molecule has 0 bridgehead atoms. The molecule has 0 heterocycles. The fraction of sp³-hybridized carbons (Fsp3) is 1.00. The monoisotopic (exact) mass is 180 g/mol. The smallest absolute Gasteiger partial charge is 0.0352 e. The first-order chi connectivity index (χ1) is 6.20. The van der Waals surface area contributed by atoms with Crippen LogP contribution in [0.4, 0.5) is 0 Å². The first-order valence-electron chi connectivity index (χ1n) is 6.20. The lowest BCUT2D eigenvalue weighted by molar-refractivity contribution is 0.121. The predicted octanol–water partition coefficient (Wildman–Crippen LogP) is 4.10. The van der Waals surface area contributed by atoms with Gasteiger partial charge in [0.15, 0.2) is 0 Å². The van der Waals surface area contributed by atoms with Gasteiger partial charge < -0.3 is 0 Å². The minimum atomic E-state index is 0.929. The van der Waals surface area contributed by atoms with E-state index in [1.807, 2.05) is 0 Å². The molecule has 0 nitrogen and oxygen atoms in total. The molecule has 0 amide bonds. The molecule has 2 aliphatic rings. The zero-order valence-corrected chi connectivity index (χ0v) is 9.42. The van der Waals surface area contributed by atoms with Crippen LogP contribution in [0, 0.1) is 29.6 Å². The third-order valence-electron chi connectivity index (χ3n) is 4.72. The van der Waals surface area contributed by atoms with Crippen molar-refractivity contribution in [2.75, 3.05) is 0 Å². The molecule has 0 aromatic rings. The SMILES string of the molecule is CC(C)C1CCCC2C(C)CCC12. The minimum Gasteiger partial charge on any atom is -0.0625 e. The molecule has 0 N–H and O–H groups in total. The highest BCUT2D eigenvalue weighted by Gasteiger charge is 2.41. The van der Waals surface area contributed by atoms with Crippen LogP contribution in [0.3, 0.4) is 0 Å². The van der Waals surface area contributed by atoms with Gasteiger partial charge in [-0.2, -0.15) is 0 Å². The Hall–Kier alpha value is 0. The maximum Gasteiger partial charge on any atom is -0.0352 e. The van der Waals surface area contributed by atoms with E-state index in [4.69, 9.17) is 0 Å². The molecule has 0 aliphatic heterocycles. The molecular formula is C13H24. The molecule has 4 atom stereocenters. The van der Waals surface area contributed by atoms with Crippen LogP contribution in [-0.4, -0.2) is 0 Å². The Kier molecular flexibility index (Phi) is 2.67. The van der Waals surface area contributed by atoms with Gasteiger partial charge in [-0.15, -0.1) is 0 Å². The van der Waals surface area contributed by atoms with Gasteiger partial charge in [0.25, 0.3) is 0 Å². The average Bonchev–Trinajstić information content (AvgIpc) is 2.48. The van der Waals surface area contributed by atoms with Crippen LogP contribution in [0.1, 0.15) is 52.9 Å². The minimum absolute atomic E-state index is 0.929. The summed E-state index contributed by atoms with van der Waals surface area (Å²) in [6.07, 6.45) is 7.61. The van der Waals surface area contributed by atoms with Crippen molar-refractivity contribution in [2.45, 2.75) is 52.9 Å². The molecule has 0 radical (unpaired) electrons. The van der Waals surface area contributed by atoms with E-state index in [0.717, 1.165) is 29.6 Å². The van der Waals surface area contributed by atoms with E-state index in [2.05, 4.69) is 20.8 Å². The zero-order chi connectivity index (χ0) is 9.42. The second kappa shape index (κ2) is 3.63. The fourth-order valence-electron chi connectivity index (χ4n) is 3.97. The van der Waals surface area contributed by atoms with Crippen molar-refractivity contribution < 1.29 is 0 Å². The molecule has 2 rings (SSSR count). The van der Waals surface area contributed by atoms with Crippen LogP contribution in [-0.2, 0) is 0 Å². The van der Waals surface area contributed by atoms with Crippen molar-refractivity contribution in [3.63, 3.8) is 0 Å². The van der Waals surface area contributed by atoms with Crippen LogP contribution in [0.25, 0.3) is 0 Å². The molecule has 0 saturated heterocycles. The Balaban J connectivity index is 2.07. The topological polar surface area (TPSA) is 0 Å². The normalized spacial score (nSPS) is 45.2. The molecule has 76 valence electrons. The Morgan fingerprint density at radius 2 is 1.69 bits per heavy atom. The lowest BCUT2D eigenvalue weighted by Gasteiger charge is -2.37. The molecule has 0 spiro atoms. The molecule has 0 heteroatoms.